The second kappa shape index (κ2) is 1.43. The molecule has 0 aromatic rings. The average Bonchev–Trinajstić information content (AvgIpc) is 1.86. The molecule has 2 nitrogen and oxygen atoms in total. The molecule has 0 saturated heterocycles. The van der Waals surface area contributed by atoms with E-state index < -0.39 is 0 Å². The van der Waals surface area contributed by atoms with Crippen LogP contribution in [0, 0.1) is 5.41 Å². The van der Waals surface area contributed by atoms with E-state index in [-0.39, 0.29) is 0 Å². The third-order valence-electron chi connectivity index (χ3n) is 0.454. The zero-order valence-corrected chi connectivity index (χ0v) is 3.88. The summed E-state index contributed by atoms with van der Waals surface area (Å²) in [5.41, 5.74) is 0. The van der Waals surface area contributed by atoms with E-state index in [1.54, 1.807) is 0 Å². The molecule has 0 bridgehead atoms. The van der Waals surface area contributed by atoms with Crippen LogP contribution in [0.15, 0.2) is 4.99 Å². The summed E-state index contributed by atoms with van der Waals surface area (Å²) in [7, 11) is 0. The first kappa shape index (κ1) is 3.87. The first-order chi connectivity index (χ1) is 2.89. The summed E-state index contributed by atoms with van der Waals surface area (Å²) in [5.74, 6) is 0.763. The molecular formula is C3H3N2S. The van der Waals surface area contributed by atoms with Gasteiger partial charge in [0.25, 0.3) is 0 Å². The van der Waals surface area contributed by atoms with Gasteiger partial charge in [-0.05, 0) is 0 Å². The van der Waals surface area contributed by atoms with Crippen molar-refractivity contribution in [1.82, 2.24) is 0 Å². The zero-order valence-electron chi connectivity index (χ0n) is 3.06. The number of amidine groups is 1. The van der Waals surface area contributed by atoms with Crippen LogP contribution in [0.5, 0.6) is 0 Å². The summed E-state index contributed by atoms with van der Waals surface area (Å²) in [6.07, 6.45) is 2.64. The maximum atomic E-state index is 6.78. The molecule has 0 spiro atoms. The highest BCUT2D eigenvalue weighted by Gasteiger charge is 1.97. The molecule has 0 aliphatic carbocycles. The first-order valence-electron chi connectivity index (χ1n) is 1.54. The predicted octanol–water partition coefficient (Wildman–Crippen LogP) is 0.616. The van der Waals surface area contributed by atoms with Crippen LogP contribution in [0.3, 0.4) is 0 Å². The van der Waals surface area contributed by atoms with E-state index in [9.17, 15) is 0 Å². The quantitative estimate of drug-likeness (QED) is 0.474. The van der Waals surface area contributed by atoms with Gasteiger partial charge in [-0.2, -0.15) is 0 Å². The largest absolute Gasteiger partial charge is 0.277 e. The fraction of sp³-hybridized carbons (Fsp3) is 0.333. The van der Waals surface area contributed by atoms with Gasteiger partial charge in [-0.3, -0.25) is 5.41 Å². The van der Waals surface area contributed by atoms with Crippen LogP contribution < -0.4 is 0 Å². The molecule has 1 N–H and O–H groups in total. The number of hydrogen-bond acceptors (Lipinski definition) is 2. The van der Waals surface area contributed by atoms with Gasteiger partial charge in [0.2, 0.25) is 0 Å². The van der Waals surface area contributed by atoms with E-state index in [4.69, 9.17) is 5.41 Å². The van der Waals surface area contributed by atoms with E-state index in [0.717, 1.165) is 5.75 Å². The van der Waals surface area contributed by atoms with Crippen LogP contribution >= 0.6 is 11.8 Å². The van der Waals surface area contributed by atoms with Crippen LogP contribution in [0.2, 0.25) is 0 Å². The summed E-state index contributed by atoms with van der Waals surface area (Å²) >= 11 is 1.40. The molecule has 0 aromatic carbocycles. The average molecular weight is 99.1 g/mol. The number of aliphatic imine (C=N–C) groups is 1. The predicted molar refractivity (Wildman–Crippen MR) is 27.6 cm³/mol. The second-order valence-corrected chi connectivity index (χ2v) is 1.83. The Labute approximate surface area is 40.2 Å². The number of nitrogens with zero attached hydrogens (tertiary/aromatic N) is 1. The molecule has 6 heavy (non-hydrogen) atoms. The van der Waals surface area contributed by atoms with Crippen LogP contribution in [0.1, 0.15) is 0 Å². The molecule has 1 heterocycles. The van der Waals surface area contributed by atoms with E-state index >= 15 is 0 Å². The number of nitrogens with one attached hydrogen (secondary N) is 1. The lowest BCUT2D eigenvalue weighted by molar-refractivity contribution is 1.51. The van der Waals surface area contributed by atoms with Crippen molar-refractivity contribution in [3.8, 4) is 0 Å². The standard InChI is InChI=1S/C3H3N2S/c4-3-5-1-2-6-3/h4H,2H2. The van der Waals surface area contributed by atoms with E-state index in [1.807, 2.05) is 0 Å². The van der Waals surface area contributed by atoms with E-state index in [0.29, 0.717) is 5.17 Å². The third-order valence-corrected chi connectivity index (χ3v) is 1.09. The molecule has 3 heteroatoms. The highest BCUT2D eigenvalue weighted by Crippen LogP contribution is 2.05. The Kier molecular flexibility index (Phi) is 0.919. The van der Waals surface area contributed by atoms with Gasteiger partial charge < -0.3 is 0 Å². The monoisotopic (exact) mass is 99.0 g/mol. The topological polar surface area (TPSA) is 36.2 Å². The molecule has 1 aliphatic heterocycles. The fourth-order valence-corrected chi connectivity index (χ4v) is 0.632. The van der Waals surface area contributed by atoms with Crippen molar-refractivity contribution in [1.29, 1.82) is 5.41 Å². The summed E-state index contributed by atoms with van der Waals surface area (Å²) in [6, 6.07) is 0. The molecule has 0 amide bonds. The first-order valence-corrected chi connectivity index (χ1v) is 2.53. The SMILES string of the molecule is N=C1N=[C]CS1. The Morgan fingerprint density at radius 3 is 3.00 bits per heavy atom. The third kappa shape index (κ3) is 0.597. The lowest BCUT2D eigenvalue weighted by Crippen LogP contribution is -1.69. The number of rotatable bonds is 0. The molecular weight excluding hydrogens is 96.1 g/mol. The summed E-state index contributed by atoms with van der Waals surface area (Å²) in [5, 5.41) is 7.17. The Bertz CT molecular complexity index is 97.0. The van der Waals surface area contributed by atoms with Crippen LogP contribution in [0.4, 0.5) is 0 Å². The van der Waals surface area contributed by atoms with Crippen molar-refractivity contribution >= 4 is 23.1 Å². The van der Waals surface area contributed by atoms with Gasteiger partial charge in [0.15, 0.2) is 5.17 Å². The van der Waals surface area contributed by atoms with Crippen molar-refractivity contribution < 1.29 is 0 Å². The van der Waals surface area contributed by atoms with Crippen molar-refractivity contribution in [3.63, 3.8) is 0 Å². The molecule has 0 aromatic heterocycles. The maximum Gasteiger partial charge on any atom is 0.180 e. The van der Waals surface area contributed by atoms with Crippen LogP contribution in [-0.2, 0) is 0 Å². The van der Waals surface area contributed by atoms with Crippen LogP contribution in [0.25, 0.3) is 0 Å². The minimum absolute atomic E-state index is 0.384. The van der Waals surface area contributed by atoms with Crippen LogP contribution in [-0.4, -0.2) is 17.1 Å². The highest BCUT2D eigenvalue weighted by molar-refractivity contribution is 8.14. The zero-order chi connectivity index (χ0) is 4.41. The highest BCUT2D eigenvalue weighted by atomic mass is 32.2. The molecule has 0 unspecified atom stereocenters. The lowest BCUT2D eigenvalue weighted by Gasteiger charge is -1.74. The van der Waals surface area contributed by atoms with Crippen molar-refractivity contribution in [3.05, 3.63) is 0 Å². The van der Waals surface area contributed by atoms with Gasteiger partial charge in [-0.25, -0.2) is 4.99 Å². The van der Waals surface area contributed by atoms with Gasteiger partial charge in [-0.1, -0.05) is 11.8 Å². The molecule has 1 aliphatic rings. The van der Waals surface area contributed by atoms with E-state index in [1.165, 1.54) is 11.8 Å². The summed E-state index contributed by atoms with van der Waals surface area (Å²) < 4.78 is 0. The summed E-state index contributed by atoms with van der Waals surface area (Å²) in [6.45, 7) is 0. The maximum absolute atomic E-state index is 6.78. The Morgan fingerprint density at radius 2 is 2.83 bits per heavy atom. The molecule has 0 atom stereocenters. The lowest BCUT2D eigenvalue weighted by atomic mass is 10.9. The molecule has 31 valence electrons. The van der Waals surface area contributed by atoms with Gasteiger partial charge in [0, 0.05) is 5.75 Å². The molecule has 0 fully saturated rings. The minimum Gasteiger partial charge on any atom is -0.277 e. The van der Waals surface area contributed by atoms with Crippen molar-refractivity contribution in [2.24, 2.45) is 4.99 Å². The van der Waals surface area contributed by atoms with Crippen molar-refractivity contribution in [2.45, 2.75) is 0 Å². The molecule has 1 rings (SSSR count). The minimum atomic E-state index is 0.384. The fourth-order valence-electron chi connectivity index (χ4n) is 0.237. The van der Waals surface area contributed by atoms with Gasteiger partial charge in [-0.15, -0.1) is 0 Å². The van der Waals surface area contributed by atoms with Gasteiger partial charge >= 0.3 is 0 Å². The number of thioether (sulfide) groups is 1. The van der Waals surface area contributed by atoms with Crippen molar-refractivity contribution in [2.75, 3.05) is 5.75 Å². The number of hydrogen-bond donors (Lipinski definition) is 1. The van der Waals surface area contributed by atoms with E-state index in [2.05, 4.69) is 11.2 Å². The Balaban J connectivity index is 2.59. The smallest absolute Gasteiger partial charge is 0.180 e. The second-order valence-electron chi connectivity index (χ2n) is 0.864. The van der Waals surface area contributed by atoms with Gasteiger partial charge in [0.1, 0.15) is 0 Å². The normalized spacial score (nSPS) is 19.7. The Morgan fingerprint density at radius 1 is 2.00 bits per heavy atom. The molecule has 1 radical (unpaired) electrons. The summed E-state index contributed by atoms with van der Waals surface area (Å²) in [4.78, 5) is 3.53. The van der Waals surface area contributed by atoms with Gasteiger partial charge in [0.05, 0.1) is 6.21 Å². The Hall–Kier alpha value is -0.310. The molecule has 0 saturated carbocycles.